The van der Waals surface area contributed by atoms with E-state index in [0.717, 1.165) is 18.1 Å². The third kappa shape index (κ3) is 5.04. The van der Waals surface area contributed by atoms with Crippen LogP contribution in [0.15, 0.2) is 53.4 Å². The van der Waals surface area contributed by atoms with E-state index < -0.39 is 28.4 Å². The summed E-state index contributed by atoms with van der Waals surface area (Å²) in [6.45, 7) is 1.50. The summed E-state index contributed by atoms with van der Waals surface area (Å²) in [5.74, 6) is -1.04. The van der Waals surface area contributed by atoms with Crippen LogP contribution in [-0.4, -0.2) is 20.9 Å². The zero-order chi connectivity index (χ0) is 17.6. The van der Waals surface area contributed by atoms with Crippen LogP contribution < -0.4 is 15.0 Å². The van der Waals surface area contributed by atoms with Crippen molar-refractivity contribution in [2.75, 3.05) is 6.61 Å². The van der Waals surface area contributed by atoms with Gasteiger partial charge in [-0.05, 0) is 36.2 Å². The van der Waals surface area contributed by atoms with Crippen molar-refractivity contribution in [1.29, 1.82) is 0 Å². The Morgan fingerprint density at radius 3 is 2.50 bits per heavy atom. The first-order valence-electron chi connectivity index (χ1n) is 7.18. The molecule has 0 saturated heterocycles. The molecule has 0 radical (unpaired) electrons. The predicted molar refractivity (Wildman–Crippen MR) is 86.2 cm³/mol. The van der Waals surface area contributed by atoms with E-state index in [1.54, 1.807) is 12.1 Å². The van der Waals surface area contributed by atoms with Gasteiger partial charge in [-0.2, -0.15) is 0 Å². The first-order valence-corrected chi connectivity index (χ1v) is 8.67. The molecule has 128 valence electrons. The summed E-state index contributed by atoms with van der Waals surface area (Å²) < 4.78 is 42.1. The zero-order valence-corrected chi connectivity index (χ0v) is 13.8. The van der Waals surface area contributed by atoms with Crippen LogP contribution in [0.5, 0.6) is 5.75 Å². The van der Waals surface area contributed by atoms with Gasteiger partial charge in [0, 0.05) is 6.07 Å². The number of benzene rings is 2. The average Bonchev–Trinajstić information content (AvgIpc) is 2.58. The molecule has 8 heteroatoms. The van der Waals surface area contributed by atoms with Gasteiger partial charge >= 0.3 is 0 Å². The standard InChI is InChI=1S/C16H17FN2O4S/c1-2-12-6-8-15(9-7-12)24(21,22)19-18-16(20)11-23-14-5-3-4-13(17)10-14/h3-10,19H,2,11H2,1H3,(H,18,20). The number of carbonyl (C=O) groups excluding carboxylic acids is 1. The van der Waals surface area contributed by atoms with Crippen molar-refractivity contribution in [1.82, 2.24) is 10.3 Å². The quantitative estimate of drug-likeness (QED) is 0.744. The summed E-state index contributed by atoms with van der Waals surface area (Å²) in [5, 5.41) is 0. The molecule has 2 rings (SSSR count). The van der Waals surface area contributed by atoms with Crippen molar-refractivity contribution >= 4 is 15.9 Å². The second-order valence-corrected chi connectivity index (χ2v) is 6.58. The maximum atomic E-state index is 13.0. The minimum Gasteiger partial charge on any atom is -0.484 e. The lowest BCUT2D eigenvalue weighted by molar-refractivity contribution is -0.123. The van der Waals surface area contributed by atoms with E-state index in [4.69, 9.17) is 4.74 Å². The number of halogens is 1. The van der Waals surface area contributed by atoms with E-state index in [1.807, 2.05) is 17.2 Å². The number of sulfonamides is 1. The van der Waals surface area contributed by atoms with Crippen molar-refractivity contribution in [2.24, 2.45) is 0 Å². The van der Waals surface area contributed by atoms with Crippen LogP contribution in [0.3, 0.4) is 0 Å². The fraction of sp³-hybridized carbons (Fsp3) is 0.188. The summed E-state index contributed by atoms with van der Waals surface area (Å²) in [5.41, 5.74) is 3.04. The normalized spacial score (nSPS) is 11.1. The van der Waals surface area contributed by atoms with E-state index in [1.165, 1.54) is 30.3 Å². The van der Waals surface area contributed by atoms with Gasteiger partial charge in [0.25, 0.3) is 15.9 Å². The minimum absolute atomic E-state index is 0.0334. The third-order valence-corrected chi connectivity index (χ3v) is 4.40. The number of hydrogen-bond donors (Lipinski definition) is 2. The molecule has 2 aromatic rings. The molecule has 0 aromatic heterocycles. The van der Waals surface area contributed by atoms with Gasteiger partial charge in [-0.1, -0.05) is 25.1 Å². The Hall–Kier alpha value is -2.45. The topological polar surface area (TPSA) is 84.5 Å². The molecule has 0 heterocycles. The Balaban J connectivity index is 1.87. The zero-order valence-electron chi connectivity index (χ0n) is 13.0. The van der Waals surface area contributed by atoms with Crippen molar-refractivity contribution in [3.05, 3.63) is 59.9 Å². The average molecular weight is 352 g/mol. The first kappa shape index (κ1) is 17.9. The lowest BCUT2D eigenvalue weighted by atomic mass is 10.2. The van der Waals surface area contributed by atoms with Gasteiger partial charge in [0.15, 0.2) is 6.61 Å². The fourth-order valence-electron chi connectivity index (χ4n) is 1.83. The molecule has 24 heavy (non-hydrogen) atoms. The van der Waals surface area contributed by atoms with Gasteiger partial charge in [-0.25, -0.2) is 12.8 Å². The number of hydrazine groups is 1. The number of ether oxygens (including phenoxy) is 1. The summed E-state index contributed by atoms with van der Waals surface area (Å²) in [6, 6.07) is 11.6. The Bertz CT molecular complexity index is 807. The maximum absolute atomic E-state index is 13.0. The molecule has 6 nitrogen and oxygen atoms in total. The molecule has 0 atom stereocenters. The molecule has 0 saturated carbocycles. The van der Waals surface area contributed by atoms with Crippen LogP contribution in [0.1, 0.15) is 12.5 Å². The molecular formula is C16H17FN2O4S. The number of rotatable bonds is 7. The molecule has 0 aliphatic rings. The number of carbonyl (C=O) groups is 1. The van der Waals surface area contributed by atoms with Gasteiger partial charge in [-0.15, -0.1) is 4.83 Å². The SMILES string of the molecule is CCc1ccc(S(=O)(=O)NNC(=O)COc2cccc(F)c2)cc1. The molecule has 1 amide bonds. The predicted octanol–water partition coefficient (Wildman–Crippen LogP) is 1.78. The molecule has 0 aliphatic heterocycles. The first-order chi connectivity index (χ1) is 11.4. The van der Waals surface area contributed by atoms with Crippen LogP contribution in [0.4, 0.5) is 4.39 Å². The van der Waals surface area contributed by atoms with Crippen LogP contribution >= 0.6 is 0 Å². The molecule has 0 unspecified atom stereocenters. The van der Waals surface area contributed by atoms with E-state index in [0.29, 0.717) is 0 Å². The molecule has 0 fully saturated rings. The highest BCUT2D eigenvalue weighted by atomic mass is 32.2. The second-order valence-electron chi connectivity index (χ2n) is 4.90. The second kappa shape index (κ2) is 7.89. The lowest BCUT2D eigenvalue weighted by Gasteiger charge is -2.10. The van der Waals surface area contributed by atoms with Gasteiger partial charge in [0.2, 0.25) is 0 Å². The monoisotopic (exact) mass is 352 g/mol. The summed E-state index contributed by atoms with van der Waals surface area (Å²) in [7, 11) is -3.87. The van der Waals surface area contributed by atoms with E-state index in [9.17, 15) is 17.6 Å². The van der Waals surface area contributed by atoms with E-state index >= 15 is 0 Å². The number of aryl methyl sites for hydroxylation is 1. The highest BCUT2D eigenvalue weighted by molar-refractivity contribution is 7.89. The van der Waals surface area contributed by atoms with Crippen molar-refractivity contribution in [3.63, 3.8) is 0 Å². The number of nitrogens with one attached hydrogen (secondary N) is 2. The Morgan fingerprint density at radius 1 is 1.17 bits per heavy atom. The third-order valence-electron chi connectivity index (χ3n) is 3.13. The highest BCUT2D eigenvalue weighted by Crippen LogP contribution is 2.12. The fourth-order valence-corrected chi connectivity index (χ4v) is 2.69. The Morgan fingerprint density at radius 2 is 1.88 bits per heavy atom. The molecule has 0 spiro atoms. The molecule has 2 aromatic carbocycles. The van der Waals surface area contributed by atoms with Crippen molar-refractivity contribution in [2.45, 2.75) is 18.2 Å². The van der Waals surface area contributed by atoms with Crippen LogP contribution in [0.25, 0.3) is 0 Å². The molecule has 0 aliphatic carbocycles. The largest absolute Gasteiger partial charge is 0.484 e. The number of hydrogen-bond acceptors (Lipinski definition) is 4. The van der Waals surface area contributed by atoms with E-state index in [2.05, 4.69) is 0 Å². The molecular weight excluding hydrogens is 335 g/mol. The highest BCUT2D eigenvalue weighted by Gasteiger charge is 2.15. The minimum atomic E-state index is -3.87. The van der Waals surface area contributed by atoms with E-state index in [-0.39, 0.29) is 10.6 Å². The van der Waals surface area contributed by atoms with Gasteiger partial charge < -0.3 is 4.74 Å². The summed E-state index contributed by atoms with van der Waals surface area (Å²) in [6.07, 6.45) is 0.794. The molecule has 0 bridgehead atoms. The van der Waals surface area contributed by atoms with Crippen molar-refractivity contribution < 1.29 is 22.3 Å². The molecule has 2 N–H and O–H groups in total. The van der Waals surface area contributed by atoms with Crippen LogP contribution in [-0.2, 0) is 21.2 Å². The van der Waals surface area contributed by atoms with Gasteiger partial charge in [0.05, 0.1) is 4.90 Å². The van der Waals surface area contributed by atoms with Crippen LogP contribution in [0, 0.1) is 5.82 Å². The summed E-state index contributed by atoms with van der Waals surface area (Å²) in [4.78, 5) is 13.6. The smallest absolute Gasteiger partial charge is 0.272 e. The summed E-state index contributed by atoms with van der Waals surface area (Å²) >= 11 is 0. The van der Waals surface area contributed by atoms with Gasteiger partial charge in [0.1, 0.15) is 11.6 Å². The van der Waals surface area contributed by atoms with Crippen molar-refractivity contribution in [3.8, 4) is 5.75 Å². The Kier molecular flexibility index (Phi) is 5.88. The number of amides is 1. The maximum Gasteiger partial charge on any atom is 0.272 e. The lowest BCUT2D eigenvalue weighted by Crippen LogP contribution is -2.43. The van der Waals surface area contributed by atoms with Gasteiger partial charge in [-0.3, -0.25) is 10.2 Å². The Labute approximate surface area is 139 Å². The van der Waals surface area contributed by atoms with Crippen LogP contribution in [0.2, 0.25) is 0 Å².